The van der Waals surface area contributed by atoms with Gasteiger partial charge in [-0.3, -0.25) is 0 Å². The maximum Gasteiger partial charge on any atom is 0.269 e. The van der Waals surface area contributed by atoms with Gasteiger partial charge in [0.15, 0.2) is 0 Å². The van der Waals surface area contributed by atoms with Crippen LogP contribution in [-0.4, -0.2) is 17.4 Å². The first kappa shape index (κ1) is 18.1. The van der Waals surface area contributed by atoms with Gasteiger partial charge >= 0.3 is 0 Å². The van der Waals surface area contributed by atoms with Crippen LogP contribution < -0.4 is 0 Å². The zero-order chi connectivity index (χ0) is 19.7. The summed E-state index contributed by atoms with van der Waals surface area (Å²) in [6.45, 7) is 1.54. The number of nitrogens with zero attached hydrogens (tertiary/aromatic N) is 2. The Kier molecular flexibility index (Phi) is 4.57. The minimum atomic E-state index is -3.96. The van der Waals surface area contributed by atoms with Crippen molar-refractivity contribution >= 4 is 33.2 Å². The molecule has 0 atom stereocenters. The van der Waals surface area contributed by atoms with E-state index in [1.165, 1.54) is 29.1 Å². The summed E-state index contributed by atoms with van der Waals surface area (Å²) in [6.07, 6.45) is 3.48. The highest BCUT2D eigenvalue weighted by Gasteiger charge is 2.23. The minimum Gasteiger partial charge on any atom is -0.228 e. The average Bonchev–Trinajstić information content (AvgIpc) is 3.08. The van der Waals surface area contributed by atoms with Crippen LogP contribution >= 0.6 is 0 Å². The van der Waals surface area contributed by atoms with Gasteiger partial charge in [-0.1, -0.05) is 48.5 Å². The molecule has 4 nitrogen and oxygen atoms in total. The quantitative estimate of drug-likeness (QED) is 0.497. The third-order valence-electron chi connectivity index (χ3n) is 4.44. The fourth-order valence-electron chi connectivity index (χ4n) is 3.00. The molecule has 3 aromatic carbocycles. The summed E-state index contributed by atoms with van der Waals surface area (Å²) in [5.74, 6) is -0.161. The van der Waals surface area contributed by atoms with Crippen LogP contribution in [0.1, 0.15) is 17.0 Å². The number of hydrogen-bond donors (Lipinski definition) is 0. The second-order valence-corrected chi connectivity index (χ2v) is 8.17. The van der Waals surface area contributed by atoms with Crippen molar-refractivity contribution < 1.29 is 12.8 Å². The Morgan fingerprint density at radius 3 is 2.39 bits per heavy atom. The second-order valence-electron chi connectivity index (χ2n) is 6.38. The summed E-state index contributed by atoms with van der Waals surface area (Å²) in [6, 6.07) is 20.4. The molecule has 4 aromatic rings. The van der Waals surface area contributed by atoms with Crippen molar-refractivity contribution in [2.45, 2.75) is 11.8 Å². The Balaban J connectivity index is 1.92. The van der Waals surface area contributed by atoms with Gasteiger partial charge in [-0.2, -0.15) is 0 Å². The maximum atomic E-state index is 13.6. The number of fused-ring (bicyclic) bond motifs is 1. The zero-order valence-electron chi connectivity index (χ0n) is 15.1. The lowest BCUT2D eigenvalue weighted by molar-refractivity contribution is 0.586. The molecule has 0 spiro atoms. The smallest absolute Gasteiger partial charge is 0.228 e. The molecular formula is C22H17FN2O2S. The van der Waals surface area contributed by atoms with Gasteiger partial charge in [-0.15, -0.1) is 0 Å². The van der Waals surface area contributed by atoms with E-state index in [-0.39, 0.29) is 16.3 Å². The second kappa shape index (κ2) is 7.05. The summed E-state index contributed by atoms with van der Waals surface area (Å²) in [5.41, 5.74) is 2.23. The van der Waals surface area contributed by atoms with Crippen LogP contribution in [0.15, 0.2) is 77.7 Å². The third-order valence-corrected chi connectivity index (χ3v) is 6.15. The Bertz CT molecular complexity index is 1290. The minimum absolute atomic E-state index is 0.0175. The van der Waals surface area contributed by atoms with Gasteiger partial charge < -0.3 is 0 Å². The van der Waals surface area contributed by atoms with Crippen molar-refractivity contribution in [2.24, 2.45) is 0 Å². The number of imidazole rings is 1. The fraction of sp³-hybridized carbons (Fsp3) is 0.0455. The van der Waals surface area contributed by atoms with Crippen molar-refractivity contribution in [3.8, 4) is 0 Å². The summed E-state index contributed by atoms with van der Waals surface area (Å²) in [5, 5.41) is 0. The molecule has 140 valence electrons. The van der Waals surface area contributed by atoms with E-state index in [1.54, 1.807) is 30.3 Å². The van der Waals surface area contributed by atoms with Crippen molar-refractivity contribution in [1.82, 2.24) is 8.96 Å². The molecular weight excluding hydrogens is 375 g/mol. The Labute approximate surface area is 162 Å². The van der Waals surface area contributed by atoms with E-state index in [4.69, 9.17) is 0 Å². The monoisotopic (exact) mass is 392 g/mol. The number of aryl methyl sites for hydroxylation is 1. The van der Waals surface area contributed by atoms with E-state index in [9.17, 15) is 12.8 Å². The van der Waals surface area contributed by atoms with Crippen LogP contribution in [0, 0.1) is 12.7 Å². The average molecular weight is 392 g/mol. The molecule has 1 aromatic heterocycles. The van der Waals surface area contributed by atoms with Crippen molar-refractivity contribution in [3.63, 3.8) is 0 Å². The van der Waals surface area contributed by atoms with Gasteiger partial charge in [-0.05, 0) is 54.5 Å². The van der Waals surface area contributed by atoms with E-state index in [0.29, 0.717) is 11.0 Å². The normalized spacial score (nSPS) is 12.1. The highest BCUT2D eigenvalue weighted by molar-refractivity contribution is 7.90. The van der Waals surface area contributed by atoms with Crippen LogP contribution in [0.2, 0.25) is 0 Å². The van der Waals surface area contributed by atoms with Gasteiger partial charge in [0.2, 0.25) is 0 Å². The number of aromatic nitrogens is 2. The molecule has 0 fully saturated rings. The van der Waals surface area contributed by atoms with Crippen LogP contribution in [0.4, 0.5) is 4.39 Å². The molecule has 0 bridgehead atoms. The van der Waals surface area contributed by atoms with E-state index >= 15 is 0 Å². The molecule has 4 rings (SSSR count). The largest absolute Gasteiger partial charge is 0.269 e. The summed E-state index contributed by atoms with van der Waals surface area (Å²) in [7, 11) is -3.96. The van der Waals surface area contributed by atoms with Crippen LogP contribution in [0.25, 0.3) is 23.2 Å². The molecule has 0 aliphatic heterocycles. The summed E-state index contributed by atoms with van der Waals surface area (Å²) >= 11 is 0. The van der Waals surface area contributed by atoms with Gasteiger partial charge in [0.1, 0.15) is 11.6 Å². The predicted octanol–water partition coefficient (Wildman–Crippen LogP) is 4.89. The summed E-state index contributed by atoms with van der Waals surface area (Å²) < 4.78 is 41.6. The highest BCUT2D eigenvalue weighted by Crippen LogP contribution is 2.25. The van der Waals surface area contributed by atoms with Gasteiger partial charge in [0, 0.05) is 0 Å². The predicted molar refractivity (Wildman–Crippen MR) is 109 cm³/mol. The van der Waals surface area contributed by atoms with E-state index in [2.05, 4.69) is 4.98 Å². The third kappa shape index (κ3) is 3.23. The lowest BCUT2D eigenvalue weighted by atomic mass is 10.2. The zero-order valence-corrected chi connectivity index (χ0v) is 15.9. The van der Waals surface area contributed by atoms with E-state index < -0.39 is 15.8 Å². The molecule has 0 radical (unpaired) electrons. The molecule has 28 heavy (non-hydrogen) atoms. The van der Waals surface area contributed by atoms with Gasteiger partial charge in [-0.25, -0.2) is 21.8 Å². The standard InChI is InChI=1S/C22H17FN2O2S/c1-16-15-18(12-13-19(16)23)28(26,27)25-21-10-6-5-9-20(21)24-22(25)14-11-17-7-3-2-4-8-17/h2-15H,1H3/b14-11+. The van der Waals surface area contributed by atoms with E-state index in [1.807, 2.05) is 36.4 Å². The number of benzene rings is 3. The van der Waals surface area contributed by atoms with Crippen LogP contribution in [-0.2, 0) is 10.0 Å². The molecule has 0 amide bonds. The highest BCUT2D eigenvalue weighted by atomic mass is 32.2. The summed E-state index contributed by atoms with van der Waals surface area (Å²) in [4.78, 5) is 4.50. The van der Waals surface area contributed by atoms with E-state index in [0.717, 1.165) is 5.56 Å². The number of para-hydroxylation sites is 2. The number of rotatable bonds is 4. The van der Waals surface area contributed by atoms with Crippen molar-refractivity contribution in [1.29, 1.82) is 0 Å². The topological polar surface area (TPSA) is 52.0 Å². The van der Waals surface area contributed by atoms with Crippen molar-refractivity contribution in [3.05, 3.63) is 95.6 Å². The Morgan fingerprint density at radius 2 is 1.64 bits per heavy atom. The number of halogens is 1. The SMILES string of the molecule is Cc1cc(S(=O)(=O)n2c(/C=C/c3ccccc3)nc3ccccc32)ccc1F. The molecule has 0 unspecified atom stereocenters. The molecule has 6 heteroatoms. The molecule has 0 saturated carbocycles. The maximum absolute atomic E-state index is 13.6. The molecule has 0 saturated heterocycles. The van der Waals surface area contributed by atoms with Crippen molar-refractivity contribution in [2.75, 3.05) is 0 Å². The molecule has 1 heterocycles. The lowest BCUT2D eigenvalue weighted by Crippen LogP contribution is -2.15. The first-order valence-corrected chi connectivity index (χ1v) is 10.1. The molecule has 0 N–H and O–H groups in total. The molecule has 0 aliphatic rings. The van der Waals surface area contributed by atoms with Gasteiger partial charge in [0.25, 0.3) is 10.0 Å². The lowest BCUT2D eigenvalue weighted by Gasteiger charge is -2.10. The Morgan fingerprint density at radius 1 is 0.929 bits per heavy atom. The number of hydrogen-bond acceptors (Lipinski definition) is 3. The first-order chi connectivity index (χ1) is 13.5. The van der Waals surface area contributed by atoms with Gasteiger partial charge in [0.05, 0.1) is 15.9 Å². The Hall–Kier alpha value is -3.25. The van der Waals surface area contributed by atoms with Crippen LogP contribution in [0.3, 0.4) is 0 Å². The fourth-order valence-corrected chi connectivity index (χ4v) is 4.54. The first-order valence-electron chi connectivity index (χ1n) is 8.69. The van der Waals surface area contributed by atoms with Crippen LogP contribution in [0.5, 0.6) is 0 Å². The molecule has 0 aliphatic carbocycles.